The Kier molecular flexibility index (Phi) is 4.68. The van der Waals surface area contributed by atoms with Gasteiger partial charge in [-0.15, -0.1) is 10.2 Å². The van der Waals surface area contributed by atoms with Gasteiger partial charge in [-0.05, 0) is 26.3 Å². The van der Waals surface area contributed by atoms with Crippen LogP contribution < -0.4 is 15.4 Å². The van der Waals surface area contributed by atoms with Crippen LogP contribution >= 0.6 is 11.3 Å². The zero-order valence-electron chi connectivity index (χ0n) is 11.2. The van der Waals surface area contributed by atoms with Gasteiger partial charge >= 0.3 is 0 Å². The largest absolute Gasteiger partial charge is 0.313 e. The lowest BCUT2D eigenvalue weighted by Crippen LogP contribution is -2.51. The van der Waals surface area contributed by atoms with E-state index in [9.17, 15) is 13.2 Å². The molecule has 1 aromatic rings. The fraction of sp³-hybridized carbons (Fsp3) is 0.700. The van der Waals surface area contributed by atoms with E-state index in [-0.39, 0.29) is 27.5 Å². The molecule has 2 heterocycles. The van der Waals surface area contributed by atoms with Crippen molar-refractivity contribution in [2.24, 2.45) is 0 Å². The summed E-state index contributed by atoms with van der Waals surface area (Å²) in [6.07, 6.45) is 1.70. The molecule has 1 aliphatic rings. The van der Waals surface area contributed by atoms with Gasteiger partial charge in [0.1, 0.15) is 0 Å². The molecule has 1 aromatic heterocycles. The first kappa shape index (κ1) is 15.3. The van der Waals surface area contributed by atoms with Crippen molar-refractivity contribution in [1.82, 2.24) is 20.2 Å². The average Bonchev–Trinajstić information content (AvgIpc) is 2.80. The van der Waals surface area contributed by atoms with E-state index in [1.807, 2.05) is 6.92 Å². The number of aromatic nitrogens is 2. The van der Waals surface area contributed by atoms with E-state index in [4.69, 9.17) is 0 Å². The lowest BCUT2D eigenvalue weighted by Gasteiger charge is -2.29. The van der Waals surface area contributed by atoms with Crippen molar-refractivity contribution in [3.63, 3.8) is 0 Å². The summed E-state index contributed by atoms with van der Waals surface area (Å²) in [4.78, 5) is 10.9. The predicted octanol–water partition coefficient (Wildman–Crippen LogP) is -0.0847. The van der Waals surface area contributed by atoms with Crippen LogP contribution in [0.4, 0.5) is 5.13 Å². The highest BCUT2D eigenvalue weighted by molar-refractivity contribution is 7.91. The summed E-state index contributed by atoms with van der Waals surface area (Å²) in [6.45, 7) is 4.16. The standard InChI is InChI=1S/C10H17N5O3S2/c1-6-8(4-3-5-11-6)15-20(17,18)10-14-13-9(19-10)12-7(2)16/h6,8,11,15H,3-5H2,1-2H3,(H,12,13,16). The second-order valence-corrected chi connectivity index (χ2v) is 7.53. The molecular weight excluding hydrogens is 302 g/mol. The Morgan fingerprint density at radius 2 is 2.20 bits per heavy atom. The van der Waals surface area contributed by atoms with E-state index >= 15 is 0 Å². The molecular formula is C10H17N5O3S2. The van der Waals surface area contributed by atoms with Crippen molar-refractivity contribution in [3.8, 4) is 0 Å². The molecule has 0 aliphatic carbocycles. The zero-order chi connectivity index (χ0) is 14.8. The van der Waals surface area contributed by atoms with Crippen LogP contribution in [-0.4, -0.2) is 43.2 Å². The van der Waals surface area contributed by atoms with Crippen molar-refractivity contribution in [2.75, 3.05) is 11.9 Å². The van der Waals surface area contributed by atoms with Crippen LogP contribution in [0.1, 0.15) is 26.7 Å². The predicted molar refractivity (Wildman–Crippen MR) is 75.0 cm³/mol. The molecule has 1 amide bonds. The van der Waals surface area contributed by atoms with Crippen LogP contribution in [-0.2, 0) is 14.8 Å². The number of piperidine rings is 1. The molecule has 2 unspecified atom stereocenters. The molecule has 3 N–H and O–H groups in total. The number of hydrogen-bond acceptors (Lipinski definition) is 7. The minimum atomic E-state index is -3.70. The second kappa shape index (κ2) is 6.12. The smallest absolute Gasteiger partial charge is 0.270 e. The Hall–Kier alpha value is -1.10. The maximum Gasteiger partial charge on any atom is 0.270 e. The van der Waals surface area contributed by atoms with Gasteiger partial charge < -0.3 is 10.6 Å². The van der Waals surface area contributed by atoms with Gasteiger partial charge in [-0.2, -0.15) is 0 Å². The van der Waals surface area contributed by atoms with Crippen molar-refractivity contribution >= 4 is 32.4 Å². The minimum Gasteiger partial charge on any atom is -0.313 e. The number of carbonyl (C=O) groups is 1. The molecule has 8 nitrogen and oxygen atoms in total. The van der Waals surface area contributed by atoms with E-state index in [1.165, 1.54) is 6.92 Å². The maximum absolute atomic E-state index is 12.2. The van der Waals surface area contributed by atoms with Gasteiger partial charge in [0.05, 0.1) is 0 Å². The molecule has 1 fully saturated rings. The Bertz CT molecular complexity index is 585. The fourth-order valence-electron chi connectivity index (χ4n) is 1.97. The minimum absolute atomic E-state index is 0.0706. The van der Waals surface area contributed by atoms with Crippen LogP contribution in [0.3, 0.4) is 0 Å². The topological polar surface area (TPSA) is 113 Å². The van der Waals surface area contributed by atoms with Gasteiger partial charge in [0.2, 0.25) is 15.4 Å². The molecule has 2 atom stereocenters. The summed E-state index contributed by atoms with van der Waals surface area (Å²) in [7, 11) is -3.70. The van der Waals surface area contributed by atoms with Gasteiger partial charge in [0.25, 0.3) is 10.0 Å². The van der Waals surface area contributed by atoms with Gasteiger partial charge in [-0.1, -0.05) is 11.3 Å². The Morgan fingerprint density at radius 3 is 2.85 bits per heavy atom. The van der Waals surface area contributed by atoms with Gasteiger partial charge in [0, 0.05) is 19.0 Å². The van der Waals surface area contributed by atoms with E-state index in [0.29, 0.717) is 0 Å². The van der Waals surface area contributed by atoms with Crippen LogP contribution in [0.25, 0.3) is 0 Å². The molecule has 0 bridgehead atoms. The molecule has 0 radical (unpaired) electrons. The van der Waals surface area contributed by atoms with Crippen molar-refractivity contribution in [3.05, 3.63) is 0 Å². The molecule has 112 valence electrons. The van der Waals surface area contributed by atoms with Gasteiger partial charge in [0.15, 0.2) is 0 Å². The highest BCUT2D eigenvalue weighted by atomic mass is 32.2. The third-order valence-electron chi connectivity index (χ3n) is 2.99. The zero-order valence-corrected chi connectivity index (χ0v) is 12.8. The number of hydrogen-bond donors (Lipinski definition) is 3. The van der Waals surface area contributed by atoms with E-state index in [0.717, 1.165) is 30.7 Å². The summed E-state index contributed by atoms with van der Waals surface area (Å²) >= 11 is 0.833. The number of amides is 1. The van der Waals surface area contributed by atoms with E-state index in [2.05, 4.69) is 25.6 Å². The molecule has 0 aromatic carbocycles. The van der Waals surface area contributed by atoms with Crippen LogP contribution in [0.2, 0.25) is 0 Å². The lowest BCUT2D eigenvalue weighted by atomic mass is 10.0. The first-order chi connectivity index (χ1) is 9.38. The molecule has 1 aliphatic heterocycles. The first-order valence-corrected chi connectivity index (χ1v) is 8.55. The van der Waals surface area contributed by atoms with Crippen molar-refractivity contribution in [1.29, 1.82) is 0 Å². The fourth-order valence-corrected chi connectivity index (χ4v) is 4.29. The summed E-state index contributed by atoms with van der Waals surface area (Å²) in [6, 6.07) is -0.0943. The Morgan fingerprint density at radius 1 is 1.45 bits per heavy atom. The number of sulfonamides is 1. The normalized spacial score (nSPS) is 23.5. The average molecular weight is 319 g/mol. The number of nitrogens with one attached hydrogen (secondary N) is 3. The number of rotatable bonds is 4. The molecule has 2 rings (SSSR count). The lowest BCUT2D eigenvalue weighted by molar-refractivity contribution is -0.114. The molecule has 20 heavy (non-hydrogen) atoms. The van der Waals surface area contributed by atoms with Crippen molar-refractivity contribution in [2.45, 2.75) is 43.1 Å². The monoisotopic (exact) mass is 319 g/mol. The third kappa shape index (κ3) is 3.72. The number of nitrogens with zero attached hydrogens (tertiary/aromatic N) is 2. The van der Waals surface area contributed by atoms with Gasteiger partial charge in [-0.3, -0.25) is 4.79 Å². The highest BCUT2D eigenvalue weighted by Crippen LogP contribution is 2.21. The third-order valence-corrected chi connectivity index (χ3v) is 5.68. The SMILES string of the molecule is CC(=O)Nc1nnc(S(=O)(=O)NC2CCCNC2C)s1. The number of carbonyl (C=O) groups excluding carboxylic acids is 1. The Balaban J connectivity index is 2.09. The molecule has 10 heteroatoms. The summed E-state index contributed by atoms with van der Waals surface area (Å²) in [5, 5.41) is 13.1. The summed E-state index contributed by atoms with van der Waals surface area (Å²) < 4.78 is 26.9. The van der Waals surface area contributed by atoms with Gasteiger partial charge in [-0.25, -0.2) is 13.1 Å². The molecule has 0 spiro atoms. The second-order valence-electron chi connectivity index (χ2n) is 4.67. The summed E-state index contributed by atoms with van der Waals surface area (Å²) in [5.41, 5.74) is 0. The van der Waals surface area contributed by atoms with Crippen LogP contribution in [0.15, 0.2) is 4.34 Å². The quantitative estimate of drug-likeness (QED) is 0.669. The van der Waals surface area contributed by atoms with Crippen LogP contribution in [0.5, 0.6) is 0 Å². The maximum atomic E-state index is 12.2. The van der Waals surface area contributed by atoms with E-state index in [1.54, 1.807) is 0 Å². The summed E-state index contributed by atoms with van der Waals surface area (Å²) in [5.74, 6) is -0.317. The number of anilines is 1. The highest BCUT2D eigenvalue weighted by Gasteiger charge is 2.28. The molecule has 0 saturated carbocycles. The van der Waals surface area contributed by atoms with Crippen molar-refractivity contribution < 1.29 is 13.2 Å². The molecule has 1 saturated heterocycles. The Labute approximate surface area is 121 Å². The van der Waals surface area contributed by atoms with Crippen LogP contribution in [0, 0.1) is 0 Å². The van der Waals surface area contributed by atoms with E-state index < -0.39 is 10.0 Å². The first-order valence-electron chi connectivity index (χ1n) is 6.25.